The number of hydrogen-bond donors (Lipinski definition) is 2. The average molecular weight is 365 g/mol. The van der Waals surface area contributed by atoms with Gasteiger partial charge in [-0.15, -0.1) is 0 Å². The zero-order valence-corrected chi connectivity index (χ0v) is 14.9. The molecule has 1 aromatic heterocycles. The SMILES string of the molecule is COc1ccccc1NC(=O)c1ccc(NCCc2ccc(F)cc2)nc1. The van der Waals surface area contributed by atoms with E-state index in [1.165, 1.54) is 18.3 Å². The van der Waals surface area contributed by atoms with Crippen LogP contribution in [0.2, 0.25) is 0 Å². The molecule has 138 valence electrons. The van der Waals surface area contributed by atoms with E-state index in [0.29, 0.717) is 29.4 Å². The van der Waals surface area contributed by atoms with Gasteiger partial charge in [-0.25, -0.2) is 9.37 Å². The molecule has 0 aliphatic carbocycles. The van der Waals surface area contributed by atoms with Gasteiger partial charge in [0.05, 0.1) is 18.4 Å². The molecule has 0 saturated heterocycles. The van der Waals surface area contributed by atoms with Crippen LogP contribution in [0.3, 0.4) is 0 Å². The number of anilines is 2. The van der Waals surface area contributed by atoms with Crippen molar-refractivity contribution in [3.63, 3.8) is 0 Å². The quantitative estimate of drug-likeness (QED) is 0.661. The Labute approximate surface area is 157 Å². The van der Waals surface area contributed by atoms with Crippen LogP contribution < -0.4 is 15.4 Å². The fourth-order valence-electron chi connectivity index (χ4n) is 2.56. The number of pyridine rings is 1. The first-order chi connectivity index (χ1) is 13.2. The van der Waals surface area contributed by atoms with Gasteiger partial charge in [-0.1, -0.05) is 24.3 Å². The number of nitrogens with zero attached hydrogens (tertiary/aromatic N) is 1. The number of benzene rings is 2. The van der Waals surface area contributed by atoms with Crippen LogP contribution in [0, 0.1) is 5.82 Å². The minimum atomic E-state index is -0.259. The second kappa shape index (κ2) is 8.80. The summed E-state index contributed by atoms with van der Waals surface area (Å²) in [6.45, 7) is 0.658. The van der Waals surface area contributed by atoms with Crippen molar-refractivity contribution in [3.8, 4) is 5.75 Å². The van der Waals surface area contributed by atoms with Gasteiger partial charge in [0.2, 0.25) is 0 Å². The van der Waals surface area contributed by atoms with Gasteiger partial charge in [0.25, 0.3) is 5.91 Å². The maximum Gasteiger partial charge on any atom is 0.257 e. The molecular weight excluding hydrogens is 345 g/mol. The number of aromatic nitrogens is 1. The summed E-state index contributed by atoms with van der Waals surface area (Å²) in [4.78, 5) is 16.6. The van der Waals surface area contributed by atoms with Crippen LogP contribution in [0.15, 0.2) is 66.9 Å². The lowest BCUT2D eigenvalue weighted by molar-refractivity contribution is 0.102. The first-order valence-corrected chi connectivity index (χ1v) is 8.54. The van der Waals surface area contributed by atoms with Crippen molar-refractivity contribution in [2.75, 3.05) is 24.3 Å². The predicted molar refractivity (Wildman–Crippen MR) is 104 cm³/mol. The smallest absolute Gasteiger partial charge is 0.257 e. The number of carbonyl (C=O) groups excluding carboxylic acids is 1. The molecule has 0 radical (unpaired) electrons. The molecule has 0 atom stereocenters. The molecule has 27 heavy (non-hydrogen) atoms. The van der Waals surface area contributed by atoms with Crippen molar-refractivity contribution in [3.05, 3.63) is 83.8 Å². The number of para-hydroxylation sites is 2. The monoisotopic (exact) mass is 365 g/mol. The van der Waals surface area contributed by atoms with E-state index in [4.69, 9.17) is 4.74 Å². The Bertz CT molecular complexity index is 896. The molecule has 5 nitrogen and oxygen atoms in total. The number of hydrogen-bond acceptors (Lipinski definition) is 4. The van der Waals surface area contributed by atoms with Crippen LogP contribution in [0.25, 0.3) is 0 Å². The standard InChI is InChI=1S/C21H20FN3O2/c1-27-19-5-3-2-4-18(19)25-21(26)16-8-11-20(24-14-16)23-13-12-15-6-9-17(22)10-7-15/h2-11,14H,12-13H2,1H3,(H,23,24)(H,25,26). The Kier molecular flexibility index (Phi) is 5.99. The second-order valence-corrected chi connectivity index (χ2v) is 5.89. The highest BCUT2D eigenvalue weighted by Gasteiger charge is 2.09. The largest absolute Gasteiger partial charge is 0.495 e. The normalized spacial score (nSPS) is 10.3. The van der Waals surface area contributed by atoms with Crippen molar-refractivity contribution in [1.29, 1.82) is 0 Å². The Morgan fingerprint density at radius 1 is 1.07 bits per heavy atom. The third-order valence-electron chi connectivity index (χ3n) is 4.01. The number of amides is 1. The number of ether oxygens (including phenoxy) is 1. The molecule has 1 amide bonds. The van der Waals surface area contributed by atoms with Crippen LogP contribution in [-0.2, 0) is 6.42 Å². The summed E-state index contributed by atoms with van der Waals surface area (Å²) < 4.78 is 18.1. The van der Waals surface area contributed by atoms with Crippen LogP contribution in [0.5, 0.6) is 5.75 Å². The summed E-state index contributed by atoms with van der Waals surface area (Å²) in [6, 6.07) is 17.1. The molecule has 0 fully saturated rings. The van der Waals surface area contributed by atoms with Gasteiger partial charge < -0.3 is 15.4 Å². The van der Waals surface area contributed by atoms with E-state index < -0.39 is 0 Å². The number of methoxy groups -OCH3 is 1. The summed E-state index contributed by atoms with van der Waals surface area (Å²) in [6.07, 6.45) is 2.27. The second-order valence-electron chi connectivity index (χ2n) is 5.89. The first kappa shape index (κ1) is 18.4. The van der Waals surface area contributed by atoms with E-state index >= 15 is 0 Å². The number of carbonyl (C=O) groups is 1. The Morgan fingerprint density at radius 3 is 2.56 bits per heavy atom. The van der Waals surface area contributed by atoms with Gasteiger partial charge in [-0.2, -0.15) is 0 Å². The van der Waals surface area contributed by atoms with Crippen molar-refractivity contribution < 1.29 is 13.9 Å². The van der Waals surface area contributed by atoms with Crippen molar-refractivity contribution in [2.45, 2.75) is 6.42 Å². The molecule has 0 saturated carbocycles. The van der Waals surface area contributed by atoms with Gasteiger partial charge in [-0.05, 0) is 48.4 Å². The molecule has 3 rings (SSSR count). The van der Waals surface area contributed by atoms with Gasteiger partial charge in [0.1, 0.15) is 17.4 Å². The average Bonchev–Trinajstić information content (AvgIpc) is 2.70. The minimum Gasteiger partial charge on any atom is -0.495 e. The maximum atomic E-state index is 12.9. The molecule has 0 bridgehead atoms. The highest BCUT2D eigenvalue weighted by atomic mass is 19.1. The third kappa shape index (κ3) is 5.04. The molecule has 1 heterocycles. The van der Waals surface area contributed by atoms with E-state index in [1.54, 1.807) is 43.5 Å². The van der Waals surface area contributed by atoms with E-state index in [-0.39, 0.29) is 11.7 Å². The molecule has 0 aliphatic heterocycles. The van der Waals surface area contributed by atoms with Gasteiger partial charge in [-0.3, -0.25) is 4.79 Å². The van der Waals surface area contributed by atoms with Crippen molar-refractivity contribution >= 4 is 17.4 Å². The maximum absolute atomic E-state index is 12.9. The molecule has 0 unspecified atom stereocenters. The minimum absolute atomic E-state index is 0.240. The highest BCUT2D eigenvalue weighted by molar-refractivity contribution is 6.04. The van der Waals surface area contributed by atoms with Gasteiger partial charge >= 0.3 is 0 Å². The van der Waals surface area contributed by atoms with Crippen LogP contribution in [-0.4, -0.2) is 24.5 Å². The van der Waals surface area contributed by atoms with Crippen molar-refractivity contribution in [2.24, 2.45) is 0 Å². The first-order valence-electron chi connectivity index (χ1n) is 8.54. The van der Waals surface area contributed by atoms with Crippen LogP contribution >= 0.6 is 0 Å². The molecule has 3 aromatic rings. The number of halogens is 1. The topological polar surface area (TPSA) is 63.2 Å². The summed E-state index contributed by atoms with van der Waals surface area (Å²) >= 11 is 0. The van der Waals surface area contributed by atoms with Crippen molar-refractivity contribution in [1.82, 2.24) is 4.98 Å². The summed E-state index contributed by atoms with van der Waals surface area (Å²) in [7, 11) is 1.55. The molecular formula is C21H20FN3O2. The Morgan fingerprint density at radius 2 is 1.85 bits per heavy atom. The zero-order chi connectivity index (χ0) is 19.1. The van der Waals surface area contributed by atoms with E-state index in [9.17, 15) is 9.18 Å². The molecule has 0 spiro atoms. The van der Waals surface area contributed by atoms with E-state index in [1.807, 2.05) is 12.1 Å². The molecule has 0 aliphatic rings. The lowest BCUT2D eigenvalue weighted by Crippen LogP contribution is -2.13. The highest BCUT2D eigenvalue weighted by Crippen LogP contribution is 2.23. The van der Waals surface area contributed by atoms with Crippen LogP contribution in [0.1, 0.15) is 15.9 Å². The Balaban J connectivity index is 1.54. The van der Waals surface area contributed by atoms with E-state index in [2.05, 4.69) is 15.6 Å². The predicted octanol–water partition coefficient (Wildman–Crippen LogP) is 4.14. The molecule has 2 aromatic carbocycles. The van der Waals surface area contributed by atoms with Gasteiger partial charge in [0.15, 0.2) is 0 Å². The summed E-state index contributed by atoms with van der Waals surface area (Å²) in [5.74, 6) is 0.768. The number of nitrogens with one attached hydrogen (secondary N) is 2. The van der Waals surface area contributed by atoms with E-state index in [0.717, 1.165) is 12.0 Å². The third-order valence-corrected chi connectivity index (χ3v) is 4.01. The lowest BCUT2D eigenvalue weighted by atomic mass is 10.1. The lowest BCUT2D eigenvalue weighted by Gasteiger charge is -2.10. The fourth-order valence-corrected chi connectivity index (χ4v) is 2.56. The van der Waals surface area contributed by atoms with Gasteiger partial charge in [0, 0.05) is 12.7 Å². The fraction of sp³-hybridized carbons (Fsp3) is 0.143. The summed E-state index contributed by atoms with van der Waals surface area (Å²) in [5.41, 5.74) is 2.09. The van der Waals surface area contributed by atoms with Crippen LogP contribution in [0.4, 0.5) is 15.9 Å². The zero-order valence-electron chi connectivity index (χ0n) is 14.9. The Hall–Kier alpha value is -3.41. The number of rotatable bonds is 7. The molecule has 2 N–H and O–H groups in total. The molecule has 6 heteroatoms. The summed E-state index contributed by atoms with van der Waals surface area (Å²) in [5, 5.41) is 6.00.